The van der Waals surface area contributed by atoms with Gasteiger partial charge in [-0.25, -0.2) is 0 Å². The van der Waals surface area contributed by atoms with Gasteiger partial charge in [0, 0.05) is 5.92 Å². The Bertz CT molecular complexity index is 436. The molecule has 90 valence electrons. The molecule has 1 aromatic rings. The van der Waals surface area contributed by atoms with Crippen molar-refractivity contribution in [2.45, 2.75) is 25.3 Å². The van der Waals surface area contributed by atoms with Gasteiger partial charge >= 0.3 is 0 Å². The van der Waals surface area contributed by atoms with Gasteiger partial charge in [-0.15, -0.1) is 0 Å². The zero-order chi connectivity index (χ0) is 11.8. The maximum atomic E-state index is 12.2. The molecule has 1 N–H and O–H groups in total. The van der Waals surface area contributed by atoms with Crippen LogP contribution in [-0.2, 0) is 11.2 Å². The van der Waals surface area contributed by atoms with Crippen LogP contribution in [0.5, 0.6) is 5.75 Å². The number of phenolic OH excluding ortho intramolecular Hbond substituents is 1. The topological polar surface area (TPSA) is 40.5 Å². The maximum absolute atomic E-state index is 12.2. The summed E-state index contributed by atoms with van der Waals surface area (Å²) in [5.74, 6) is 0.963. The van der Waals surface area contributed by atoms with Crippen molar-refractivity contribution >= 4 is 5.78 Å². The lowest BCUT2D eigenvalue weighted by atomic mass is 9.80. The average molecular weight is 231 g/mol. The highest BCUT2D eigenvalue weighted by Crippen LogP contribution is 2.31. The summed E-state index contributed by atoms with van der Waals surface area (Å²) in [6, 6.07) is 7.32. The molecule has 0 unspecified atom stereocenters. The number of ketones is 1. The minimum absolute atomic E-state index is 0.00389. The average Bonchev–Trinajstić information content (AvgIpc) is 2.36. The number of fused-ring (bicyclic) bond motifs is 3. The molecular formula is C14H17NO2. The predicted octanol–water partition coefficient (Wildman–Crippen LogP) is 1.60. The zero-order valence-corrected chi connectivity index (χ0v) is 9.80. The van der Waals surface area contributed by atoms with E-state index in [0.29, 0.717) is 18.0 Å². The summed E-state index contributed by atoms with van der Waals surface area (Å²) < 4.78 is 0. The van der Waals surface area contributed by atoms with Crippen molar-refractivity contribution in [1.82, 2.24) is 4.90 Å². The van der Waals surface area contributed by atoms with E-state index in [2.05, 4.69) is 4.90 Å². The first-order valence-corrected chi connectivity index (χ1v) is 6.30. The minimum Gasteiger partial charge on any atom is -0.508 e. The molecule has 3 heterocycles. The van der Waals surface area contributed by atoms with E-state index < -0.39 is 0 Å². The van der Waals surface area contributed by atoms with Gasteiger partial charge < -0.3 is 5.11 Å². The highest BCUT2D eigenvalue weighted by Gasteiger charge is 2.40. The quantitative estimate of drug-likeness (QED) is 0.840. The van der Waals surface area contributed by atoms with Crippen LogP contribution in [0.4, 0.5) is 0 Å². The van der Waals surface area contributed by atoms with Crippen LogP contribution in [0.3, 0.4) is 0 Å². The van der Waals surface area contributed by atoms with Crippen molar-refractivity contribution in [3.8, 4) is 5.75 Å². The molecule has 3 saturated heterocycles. The Morgan fingerprint density at radius 2 is 1.94 bits per heavy atom. The third-order valence-corrected chi connectivity index (χ3v) is 4.11. The molecule has 4 rings (SSSR count). The van der Waals surface area contributed by atoms with Crippen molar-refractivity contribution in [2.24, 2.45) is 5.92 Å². The summed E-state index contributed by atoms with van der Waals surface area (Å²) in [6.07, 6.45) is 2.70. The summed E-state index contributed by atoms with van der Waals surface area (Å²) in [4.78, 5) is 14.5. The van der Waals surface area contributed by atoms with E-state index in [1.807, 2.05) is 18.2 Å². The summed E-state index contributed by atoms with van der Waals surface area (Å²) in [5.41, 5.74) is 0.887. The molecule has 1 aromatic carbocycles. The number of hydrogen-bond donors (Lipinski definition) is 1. The van der Waals surface area contributed by atoms with E-state index in [1.54, 1.807) is 6.07 Å². The fraction of sp³-hybridized carbons (Fsp3) is 0.500. The number of carbonyl (C=O) groups excluding carboxylic acids is 1. The molecule has 3 aliphatic rings. The van der Waals surface area contributed by atoms with Crippen LogP contribution in [-0.4, -0.2) is 34.9 Å². The van der Waals surface area contributed by atoms with Gasteiger partial charge in [0.2, 0.25) is 0 Å². The monoisotopic (exact) mass is 231 g/mol. The third-order valence-electron chi connectivity index (χ3n) is 4.11. The standard InChI is InChI=1S/C14H17NO2/c16-13-4-2-1-3-11(13)9-12-14(17)10-5-7-15(12)8-6-10/h1-4,10,12,16H,5-9H2/t12-/m1/s1. The Balaban J connectivity index is 1.81. The van der Waals surface area contributed by atoms with Gasteiger partial charge in [0.05, 0.1) is 6.04 Å². The molecule has 0 radical (unpaired) electrons. The van der Waals surface area contributed by atoms with Gasteiger partial charge in [-0.2, -0.15) is 0 Å². The lowest BCUT2D eigenvalue weighted by Gasteiger charge is -2.44. The number of rotatable bonds is 2. The number of nitrogens with zero attached hydrogens (tertiary/aromatic N) is 1. The van der Waals surface area contributed by atoms with Crippen molar-refractivity contribution in [2.75, 3.05) is 13.1 Å². The number of aromatic hydroxyl groups is 1. The Hall–Kier alpha value is -1.35. The Labute approximate surface area is 101 Å². The summed E-state index contributed by atoms with van der Waals surface area (Å²) >= 11 is 0. The van der Waals surface area contributed by atoms with E-state index in [-0.39, 0.29) is 12.0 Å². The Morgan fingerprint density at radius 3 is 2.59 bits per heavy atom. The number of phenols is 1. The highest BCUT2D eigenvalue weighted by molar-refractivity contribution is 5.88. The summed E-state index contributed by atoms with van der Waals surface area (Å²) in [6.45, 7) is 2.07. The Morgan fingerprint density at radius 1 is 1.24 bits per heavy atom. The second-order valence-corrected chi connectivity index (χ2v) is 5.06. The summed E-state index contributed by atoms with van der Waals surface area (Å²) in [5, 5.41) is 9.77. The van der Waals surface area contributed by atoms with Crippen molar-refractivity contribution in [3.63, 3.8) is 0 Å². The second kappa shape index (κ2) is 4.15. The van der Waals surface area contributed by atoms with Crippen molar-refractivity contribution in [3.05, 3.63) is 29.8 Å². The molecule has 0 spiro atoms. The van der Waals surface area contributed by atoms with E-state index in [0.717, 1.165) is 31.5 Å². The van der Waals surface area contributed by atoms with Crippen LogP contribution in [0, 0.1) is 5.92 Å². The Kier molecular flexibility index (Phi) is 2.63. The number of para-hydroxylation sites is 1. The number of hydrogen-bond acceptors (Lipinski definition) is 3. The molecule has 17 heavy (non-hydrogen) atoms. The normalized spacial score (nSPS) is 31.8. The molecule has 0 saturated carbocycles. The molecule has 3 heteroatoms. The zero-order valence-electron chi connectivity index (χ0n) is 9.80. The first-order valence-electron chi connectivity index (χ1n) is 6.30. The second-order valence-electron chi connectivity index (χ2n) is 5.06. The smallest absolute Gasteiger partial charge is 0.153 e. The SMILES string of the molecule is O=C1C2CCN(CC2)[C@@H]1Cc1ccccc1O. The first-order chi connectivity index (χ1) is 8.25. The van der Waals surface area contributed by atoms with E-state index >= 15 is 0 Å². The van der Waals surface area contributed by atoms with Gasteiger partial charge in [-0.1, -0.05) is 18.2 Å². The van der Waals surface area contributed by atoms with Gasteiger partial charge in [-0.05, 0) is 44.0 Å². The molecule has 3 fully saturated rings. The van der Waals surface area contributed by atoms with Crippen molar-refractivity contribution in [1.29, 1.82) is 0 Å². The van der Waals surface area contributed by atoms with Gasteiger partial charge in [0.1, 0.15) is 5.75 Å². The maximum Gasteiger partial charge on any atom is 0.153 e. The van der Waals surface area contributed by atoms with Crippen LogP contribution < -0.4 is 0 Å². The van der Waals surface area contributed by atoms with Crippen molar-refractivity contribution < 1.29 is 9.90 Å². The molecule has 0 aliphatic carbocycles. The van der Waals surface area contributed by atoms with Crippen LogP contribution in [0.1, 0.15) is 18.4 Å². The van der Waals surface area contributed by atoms with Crippen LogP contribution in [0.25, 0.3) is 0 Å². The molecule has 3 nitrogen and oxygen atoms in total. The fourth-order valence-electron chi connectivity index (χ4n) is 3.07. The molecular weight excluding hydrogens is 214 g/mol. The van der Waals surface area contributed by atoms with E-state index in [4.69, 9.17) is 0 Å². The van der Waals surface area contributed by atoms with Gasteiger partial charge in [0.15, 0.2) is 5.78 Å². The fourth-order valence-corrected chi connectivity index (χ4v) is 3.07. The minimum atomic E-state index is -0.00389. The molecule has 3 aliphatic heterocycles. The molecule has 1 atom stereocenters. The summed E-state index contributed by atoms with van der Waals surface area (Å²) in [7, 11) is 0. The van der Waals surface area contributed by atoms with Crippen LogP contribution in [0.15, 0.2) is 24.3 Å². The van der Waals surface area contributed by atoms with Crippen LogP contribution >= 0.6 is 0 Å². The number of Topliss-reactive ketones (excluding diaryl/α,β-unsaturated/α-hetero) is 1. The molecule has 2 bridgehead atoms. The number of benzene rings is 1. The lowest BCUT2D eigenvalue weighted by Crippen LogP contribution is -2.56. The third kappa shape index (κ3) is 1.84. The first kappa shape index (κ1) is 10.8. The van der Waals surface area contributed by atoms with E-state index in [9.17, 15) is 9.90 Å². The number of piperidine rings is 3. The van der Waals surface area contributed by atoms with Gasteiger partial charge in [0.25, 0.3) is 0 Å². The van der Waals surface area contributed by atoms with E-state index in [1.165, 1.54) is 0 Å². The highest BCUT2D eigenvalue weighted by atomic mass is 16.3. The van der Waals surface area contributed by atoms with Crippen LogP contribution in [0.2, 0.25) is 0 Å². The predicted molar refractivity (Wildman–Crippen MR) is 64.9 cm³/mol. The molecule has 0 aromatic heterocycles. The lowest BCUT2D eigenvalue weighted by molar-refractivity contribution is -0.136. The molecule has 0 amide bonds. The number of carbonyl (C=O) groups is 1. The largest absolute Gasteiger partial charge is 0.508 e. The van der Waals surface area contributed by atoms with Gasteiger partial charge in [-0.3, -0.25) is 9.69 Å².